The van der Waals surface area contributed by atoms with Crippen LogP contribution in [0.5, 0.6) is 0 Å². The summed E-state index contributed by atoms with van der Waals surface area (Å²) >= 11 is 0. The highest BCUT2D eigenvalue weighted by Crippen LogP contribution is 2.62. The maximum Gasteiger partial charge on any atom is 0.306 e. The van der Waals surface area contributed by atoms with Gasteiger partial charge in [-0.25, -0.2) is 0 Å². The number of hydrogen-bond acceptors (Lipinski definition) is 1. The van der Waals surface area contributed by atoms with Crippen molar-refractivity contribution in [2.24, 2.45) is 29.1 Å². The van der Waals surface area contributed by atoms with Crippen molar-refractivity contribution < 1.29 is 9.90 Å². The van der Waals surface area contributed by atoms with Gasteiger partial charge in [-0.15, -0.1) is 0 Å². The lowest BCUT2D eigenvalue weighted by Gasteiger charge is -2.61. The molecular weight excluding hydrogens is 164 g/mol. The predicted octanol–water partition coefficient (Wildman–Crippen LogP) is 2.39. The number of fused-ring (bicyclic) bond motifs is 2. The maximum absolute atomic E-state index is 10.9. The summed E-state index contributed by atoms with van der Waals surface area (Å²) in [4.78, 5) is 10.9. The van der Waals surface area contributed by atoms with Crippen LogP contribution >= 0.6 is 0 Å². The van der Waals surface area contributed by atoms with Crippen LogP contribution in [0.4, 0.5) is 0 Å². The number of carboxylic acids is 1. The van der Waals surface area contributed by atoms with E-state index in [9.17, 15) is 4.79 Å². The van der Waals surface area contributed by atoms with Crippen LogP contribution in [0.15, 0.2) is 0 Å². The zero-order chi connectivity index (χ0) is 9.80. The summed E-state index contributed by atoms with van der Waals surface area (Å²) in [5.74, 6) is 1.02. The molecule has 0 aromatic heterocycles. The van der Waals surface area contributed by atoms with Gasteiger partial charge in [-0.05, 0) is 36.0 Å². The van der Waals surface area contributed by atoms with Gasteiger partial charge in [-0.2, -0.15) is 0 Å². The summed E-state index contributed by atoms with van der Waals surface area (Å²) in [6.45, 7) is 6.70. The van der Waals surface area contributed by atoms with E-state index in [-0.39, 0.29) is 5.92 Å². The third-order valence-electron chi connectivity index (χ3n) is 4.67. The minimum Gasteiger partial charge on any atom is -0.481 e. The lowest BCUT2D eigenvalue weighted by Crippen LogP contribution is -2.56. The van der Waals surface area contributed by atoms with Crippen molar-refractivity contribution in [2.75, 3.05) is 0 Å². The predicted molar refractivity (Wildman–Crippen MR) is 50.3 cm³/mol. The molecule has 2 nitrogen and oxygen atoms in total. The van der Waals surface area contributed by atoms with E-state index in [2.05, 4.69) is 20.8 Å². The van der Waals surface area contributed by atoms with E-state index < -0.39 is 5.97 Å². The van der Waals surface area contributed by atoms with E-state index in [1.54, 1.807) is 0 Å². The zero-order valence-corrected chi connectivity index (χ0v) is 8.58. The molecule has 0 spiro atoms. The lowest BCUT2D eigenvalue weighted by atomic mass is 9.43. The van der Waals surface area contributed by atoms with Gasteiger partial charge >= 0.3 is 5.97 Å². The summed E-state index contributed by atoms with van der Waals surface area (Å²) in [5, 5.41) is 9.02. The van der Waals surface area contributed by atoms with Crippen molar-refractivity contribution in [1.82, 2.24) is 0 Å². The highest BCUT2D eigenvalue weighted by molar-refractivity contribution is 5.70. The molecule has 74 valence electrons. The summed E-state index contributed by atoms with van der Waals surface area (Å²) in [6.07, 6.45) is 2.16. The second kappa shape index (κ2) is 2.49. The third kappa shape index (κ3) is 1.04. The Morgan fingerprint density at radius 1 is 1.38 bits per heavy atom. The fourth-order valence-electron chi connectivity index (χ4n) is 3.48. The molecule has 0 saturated heterocycles. The second-order valence-electron chi connectivity index (χ2n) is 5.40. The molecule has 2 bridgehead atoms. The molecule has 3 aliphatic carbocycles. The first kappa shape index (κ1) is 9.04. The van der Waals surface area contributed by atoms with Crippen LogP contribution in [0.1, 0.15) is 33.6 Å². The van der Waals surface area contributed by atoms with Crippen LogP contribution in [0.25, 0.3) is 0 Å². The van der Waals surface area contributed by atoms with E-state index in [4.69, 9.17) is 5.11 Å². The molecular formula is C11H18O2. The molecule has 0 aromatic rings. The smallest absolute Gasteiger partial charge is 0.306 e. The second-order valence-corrected chi connectivity index (χ2v) is 5.40. The van der Waals surface area contributed by atoms with E-state index in [1.807, 2.05) is 0 Å². The van der Waals surface area contributed by atoms with Gasteiger partial charge in [0.1, 0.15) is 0 Å². The quantitative estimate of drug-likeness (QED) is 0.676. The molecule has 13 heavy (non-hydrogen) atoms. The van der Waals surface area contributed by atoms with E-state index >= 15 is 0 Å². The Hall–Kier alpha value is -0.530. The average molecular weight is 182 g/mol. The van der Waals surface area contributed by atoms with Crippen LogP contribution in [0.3, 0.4) is 0 Å². The molecule has 3 aliphatic rings. The van der Waals surface area contributed by atoms with Gasteiger partial charge in [0.25, 0.3) is 0 Å². The number of rotatable bonds is 1. The molecule has 3 rings (SSSR count). The molecule has 2 heteroatoms. The fourth-order valence-corrected chi connectivity index (χ4v) is 3.48. The van der Waals surface area contributed by atoms with E-state index in [0.29, 0.717) is 23.2 Å². The zero-order valence-electron chi connectivity index (χ0n) is 8.58. The van der Waals surface area contributed by atoms with Crippen molar-refractivity contribution in [3.05, 3.63) is 0 Å². The Balaban J connectivity index is 2.16. The maximum atomic E-state index is 10.9. The molecule has 0 heterocycles. The van der Waals surface area contributed by atoms with Gasteiger partial charge in [0, 0.05) is 0 Å². The minimum absolute atomic E-state index is 0.0724. The molecule has 0 aromatic carbocycles. The summed E-state index contributed by atoms with van der Waals surface area (Å²) in [7, 11) is 0. The molecule has 4 atom stereocenters. The SMILES string of the molecule is C[C@@H]1[C@@H](C(=O)O)C[C@H]2C[C@@H]1C2(C)C. The van der Waals surface area contributed by atoms with Crippen molar-refractivity contribution in [2.45, 2.75) is 33.6 Å². The van der Waals surface area contributed by atoms with Crippen LogP contribution in [0.2, 0.25) is 0 Å². The normalized spacial score (nSPS) is 46.7. The number of carbonyl (C=O) groups is 1. The van der Waals surface area contributed by atoms with Gasteiger partial charge in [-0.3, -0.25) is 4.79 Å². The largest absolute Gasteiger partial charge is 0.481 e. The molecule has 1 N–H and O–H groups in total. The van der Waals surface area contributed by atoms with Crippen molar-refractivity contribution in [1.29, 1.82) is 0 Å². The molecule has 0 amide bonds. The van der Waals surface area contributed by atoms with Gasteiger partial charge in [0.15, 0.2) is 0 Å². The summed E-state index contributed by atoms with van der Waals surface area (Å²) in [5.41, 5.74) is 0.408. The molecule has 3 fully saturated rings. The Bertz CT molecular complexity index is 244. The van der Waals surface area contributed by atoms with Crippen LogP contribution < -0.4 is 0 Å². The van der Waals surface area contributed by atoms with E-state index in [0.717, 1.165) is 6.42 Å². The summed E-state index contributed by atoms with van der Waals surface area (Å²) in [6, 6.07) is 0. The van der Waals surface area contributed by atoms with Crippen molar-refractivity contribution >= 4 is 5.97 Å². The fraction of sp³-hybridized carbons (Fsp3) is 0.909. The standard InChI is InChI=1S/C11H18O2/c1-6-8(10(12)13)4-7-5-9(6)11(7,2)3/h6-9H,4-5H2,1-3H3,(H,12,13)/t6-,7+,8+,9+/m1/s1. The molecule has 0 radical (unpaired) electrons. The number of aliphatic carboxylic acids is 1. The van der Waals surface area contributed by atoms with Crippen LogP contribution in [0, 0.1) is 29.1 Å². The van der Waals surface area contributed by atoms with Crippen LogP contribution in [-0.2, 0) is 4.79 Å². The average Bonchev–Trinajstić information content (AvgIpc) is 2.02. The molecule has 0 unspecified atom stereocenters. The van der Waals surface area contributed by atoms with E-state index in [1.165, 1.54) is 6.42 Å². The van der Waals surface area contributed by atoms with Gasteiger partial charge in [-0.1, -0.05) is 20.8 Å². The van der Waals surface area contributed by atoms with Gasteiger partial charge in [0.05, 0.1) is 5.92 Å². The van der Waals surface area contributed by atoms with Crippen LogP contribution in [-0.4, -0.2) is 11.1 Å². The molecule has 3 saturated carbocycles. The molecule has 0 aliphatic heterocycles. The topological polar surface area (TPSA) is 37.3 Å². The first-order chi connectivity index (χ1) is 5.94. The number of hydrogen-bond donors (Lipinski definition) is 1. The minimum atomic E-state index is -0.585. The Morgan fingerprint density at radius 2 is 2.00 bits per heavy atom. The van der Waals surface area contributed by atoms with Gasteiger partial charge in [0.2, 0.25) is 0 Å². The first-order valence-electron chi connectivity index (χ1n) is 5.17. The lowest BCUT2D eigenvalue weighted by molar-refractivity contribution is -0.167. The third-order valence-corrected chi connectivity index (χ3v) is 4.67. The monoisotopic (exact) mass is 182 g/mol. The highest BCUT2D eigenvalue weighted by atomic mass is 16.4. The Kier molecular flexibility index (Phi) is 1.73. The Morgan fingerprint density at radius 3 is 2.38 bits per heavy atom. The van der Waals surface area contributed by atoms with Gasteiger partial charge < -0.3 is 5.11 Å². The van der Waals surface area contributed by atoms with Crippen molar-refractivity contribution in [3.63, 3.8) is 0 Å². The van der Waals surface area contributed by atoms with Crippen molar-refractivity contribution in [3.8, 4) is 0 Å². The Labute approximate surface area is 79.3 Å². The first-order valence-corrected chi connectivity index (χ1v) is 5.17. The summed E-state index contributed by atoms with van der Waals surface area (Å²) < 4.78 is 0. The highest BCUT2D eigenvalue weighted by Gasteiger charge is 2.57. The number of carboxylic acid groups (broad SMARTS) is 1.